The predicted molar refractivity (Wildman–Crippen MR) is 79.0 cm³/mol. The first-order valence-electron chi connectivity index (χ1n) is 6.82. The highest BCUT2D eigenvalue weighted by Crippen LogP contribution is 2.23. The van der Waals surface area contributed by atoms with Crippen LogP contribution >= 0.6 is 0 Å². The molecule has 5 nitrogen and oxygen atoms in total. The minimum Gasteiger partial charge on any atom is -0.352 e. The van der Waals surface area contributed by atoms with Gasteiger partial charge in [-0.3, -0.25) is 14.6 Å². The van der Waals surface area contributed by atoms with Gasteiger partial charge in [0.25, 0.3) is 5.91 Å². The Labute approximate surface area is 122 Å². The number of hydrogen-bond acceptors (Lipinski definition) is 3. The van der Waals surface area contributed by atoms with Gasteiger partial charge in [0.05, 0.1) is 6.42 Å². The van der Waals surface area contributed by atoms with E-state index < -0.39 is 0 Å². The van der Waals surface area contributed by atoms with Gasteiger partial charge in [0.15, 0.2) is 0 Å². The lowest BCUT2D eigenvalue weighted by molar-refractivity contribution is -0.115. The molecule has 1 aliphatic rings. The summed E-state index contributed by atoms with van der Waals surface area (Å²) in [7, 11) is 0. The summed E-state index contributed by atoms with van der Waals surface area (Å²) < 4.78 is 0. The Bertz CT molecular complexity index is 683. The molecule has 0 atom stereocenters. The van der Waals surface area contributed by atoms with Crippen molar-refractivity contribution < 1.29 is 9.59 Å². The Hall–Kier alpha value is -2.69. The Balaban J connectivity index is 1.59. The number of fused-ring (bicyclic) bond motifs is 1. The molecule has 0 spiro atoms. The van der Waals surface area contributed by atoms with Crippen LogP contribution < -0.4 is 10.6 Å². The van der Waals surface area contributed by atoms with E-state index in [-0.39, 0.29) is 11.8 Å². The Morgan fingerprint density at radius 3 is 3.05 bits per heavy atom. The molecule has 1 aliphatic heterocycles. The maximum atomic E-state index is 12.1. The third-order valence-corrected chi connectivity index (χ3v) is 3.42. The number of benzene rings is 1. The van der Waals surface area contributed by atoms with Crippen molar-refractivity contribution in [3.8, 4) is 0 Å². The van der Waals surface area contributed by atoms with Crippen LogP contribution in [-0.4, -0.2) is 23.3 Å². The molecular formula is C16H15N3O2. The molecule has 3 rings (SSSR count). The first kappa shape index (κ1) is 13.3. The molecule has 0 aliphatic carbocycles. The van der Waals surface area contributed by atoms with Gasteiger partial charge in [-0.15, -0.1) is 0 Å². The average Bonchev–Trinajstić information content (AvgIpc) is 2.87. The summed E-state index contributed by atoms with van der Waals surface area (Å²) in [6, 6.07) is 9.14. The van der Waals surface area contributed by atoms with Crippen LogP contribution in [0.3, 0.4) is 0 Å². The quantitative estimate of drug-likeness (QED) is 0.893. The monoisotopic (exact) mass is 281 g/mol. The van der Waals surface area contributed by atoms with Gasteiger partial charge in [0, 0.05) is 30.2 Å². The van der Waals surface area contributed by atoms with Crippen molar-refractivity contribution in [2.45, 2.75) is 12.8 Å². The molecule has 0 saturated carbocycles. The summed E-state index contributed by atoms with van der Waals surface area (Å²) in [4.78, 5) is 27.4. The van der Waals surface area contributed by atoms with Crippen LogP contribution in [-0.2, 0) is 17.6 Å². The lowest BCUT2D eigenvalue weighted by Gasteiger charge is -2.07. The molecule has 0 saturated heterocycles. The SMILES string of the molecule is O=C1Cc2ccc(C(=O)NCCc3cccnc3)cc2N1. The number of nitrogens with one attached hydrogen (secondary N) is 2. The van der Waals surface area contributed by atoms with E-state index in [1.165, 1.54) is 0 Å². The second-order valence-electron chi connectivity index (χ2n) is 4.96. The van der Waals surface area contributed by atoms with Crippen LogP contribution in [0.25, 0.3) is 0 Å². The highest BCUT2D eigenvalue weighted by atomic mass is 16.2. The van der Waals surface area contributed by atoms with Crippen molar-refractivity contribution >= 4 is 17.5 Å². The lowest BCUT2D eigenvalue weighted by Crippen LogP contribution is -2.25. The number of carbonyl (C=O) groups is 2. The number of amides is 2. The van der Waals surface area contributed by atoms with Crippen molar-refractivity contribution in [3.63, 3.8) is 0 Å². The molecule has 0 radical (unpaired) electrons. The summed E-state index contributed by atoms with van der Waals surface area (Å²) >= 11 is 0. The van der Waals surface area contributed by atoms with Gasteiger partial charge in [-0.25, -0.2) is 0 Å². The molecule has 0 fully saturated rings. The van der Waals surface area contributed by atoms with Crippen molar-refractivity contribution in [1.82, 2.24) is 10.3 Å². The summed E-state index contributed by atoms with van der Waals surface area (Å²) in [6.45, 7) is 0.550. The molecule has 2 amide bonds. The van der Waals surface area contributed by atoms with E-state index in [1.54, 1.807) is 24.5 Å². The van der Waals surface area contributed by atoms with E-state index in [9.17, 15) is 9.59 Å². The zero-order valence-electron chi connectivity index (χ0n) is 11.4. The average molecular weight is 281 g/mol. The van der Waals surface area contributed by atoms with Gasteiger partial charge in [0.1, 0.15) is 0 Å². The molecule has 5 heteroatoms. The third kappa shape index (κ3) is 3.08. The fraction of sp³-hybridized carbons (Fsp3) is 0.188. The largest absolute Gasteiger partial charge is 0.352 e. The number of pyridine rings is 1. The van der Waals surface area contributed by atoms with E-state index in [0.717, 1.165) is 23.2 Å². The highest BCUT2D eigenvalue weighted by molar-refractivity contribution is 6.02. The van der Waals surface area contributed by atoms with Crippen molar-refractivity contribution in [3.05, 3.63) is 59.4 Å². The molecule has 106 valence electrons. The first-order chi connectivity index (χ1) is 10.2. The maximum absolute atomic E-state index is 12.1. The lowest BCUT2D eigenvalue weighted by atomic mass is 10.1. The smallest absolute Gasteiger partial charge is 0.251 e. The highest BCUT2D eigenvalue weighted by Gasteiger charge is 2.18. The predicted octanol–water partition coefficient (Wildman–Crippen LogP) is 1.55. The van der Waals surface area contributed by atoms with Crippen LogP contribution in [0.15, 0.2) is 42.7 Å². The minimum absolute atomic E-state index is 0.0286. The van der Waals surface area contributed by atoms with Gasteiger partial charge in [-0.05, 0) is 35.7 Å². The Kier molecular flexibility index (Phi) is 3.64. The summed E-state index contributed by atoms with van der Waals surface area (Å²) in [5.41, 5.74) is 3.31. The third-order valence-electron chi connectivity index (χ3n) is 3.42. The fourth-order valence-electron chi connectivity index (χ4n) is 2.32. The van der Waals surface area contributed by atoms with Gasteiger partial charge in [0.2, 0.25) is 5.91 Å². The van der Waals surface area contributed by atoms with Gasteiger partial charge >= 0.3 is 0 Å². The minimum atomic E-state index is -0.136. The number of carbonyl (C=O) groups excluding carboxylic acids is 2. The van der Waals surface area contributed by atoms with Crippen LogP contribution in [0.5, 0.6) is 0 Å². The van der Waals surface area contributed by atoms with Crippen LogP contribution in [0.1, 0.15) is 21.5 Å². The second kappa shape index (κ2) is 5.75. The maximum Gasteiger partial charge on any atom is 0.251 e. The second-order valence-corrected chi connectivity index (χ2v) is 4.96. The van der Waals surface area contributed by atoms with E-state index in [4.69, 9.17) is 0 Å². The van der Waals surface area contributed by atoms with Crippen LogP contribution in [0.2, 0.25) is 0 Å². The normalized spacial score (nSPS) is 12.7. The van der Waals surface area contributed by atoms with Crippen molar-refractivity contribution in [1.29, 1.82) is 0 Å². The topological polar surface area (TPSA) is 71.1 Å². The number of nitrogens with zero attached hydrogens (tertiary/aromatic N) is 1. The van der Waals surface area contributed by atoms with Crippen molar-refractivity contribution in [2.24, 2.45) is 0 Å². The molecular weight excluding hydrogens is 266 g/mol. The van der Waals surface area contributed by atoms with E-state index in [2.05, 4.69) is 15.6 Å². The number of aromatic nitrogens is 1. The zero-order valence-corrected chi connectivity index (χ0v) is 11.4. The fourth-order valence-corrected chi connectivity index (χ4v) is 2.32. The van der Waals surface area contributed by atoms with Gasteiger partial charge < -0.3 is 10.6 Å². The molecule has 2 aromatic rings. The Morgan fingerprint density at radius 1 is 1.33 bits per heavy atom. The number of hydrogen-bond donors (Lipinski definition) is 2. The molecule has 0 unspecified atom stereocenters. The Morgan fingerprint density at radius 2 is 2.24 bits per heavy atom. The molecule has 21 heavy (non-hydrogen) atoms. The van der Waals surface area contributed by atoms with Gasteiger partial charge in [-0.2, -0.15) is 0 Å². The van der Waals surface area contributed by atoms with E-state index in [1.807, 2.05) is 18.2 Å². The first-order valence-corrected chi connectivity index (χ1v) is 6.82. The summed E-state index contributed by atoms with van der Waals surface area (Å²) in [6.07, 6.45) is 4.64. The molecule has 2 heterocycles. The summed E-state index contributed by atoms with van der Waals surface area (Å²) in [5.74, 6) is -0.165. The standard InChI is InChI=1S/C16H15N3O2/c20-15-9-12-3-4-13(8-14(12)19-15)16(21)18-7-5-11-2-1-6-17-10-11/h1-4,6,8,10H,5,7,9H2,(H,18,21)(H,19,20). The van der Waals surface area contributed by atoms with Crippen LogP contribution in [0, 0.1) is 0 Å². The molecule has 2 N–H and O–H groups in total. The molecule has 1 aromatic heterocycles. The molecule has 1 aromatic carbocycles. The van der Waals surface area contributed by atoms with Gasteiger partial charge in [-0.1, -0.05) is 12.1 Å². The molecule has 0 bridgehead atoms. The summed E-state index contributed by atoms with van der Waals surface area (Å²) in [5, 5.41) is 5.62. The van der Waals surface area contributed by atoms with E-state index in [0.29, 0.717) is 18.5 Å². The number of anilines is 1. The van der Waals surface area contributed by atoms with E-state index >= 15 is 0 Å². The number of rotatable bonds is 4. The van der Waals surface area contributed by atoms with Crippen molar-refractivity contribution in [2.75, 3.05) is 11.9 Å². The van der Waals surface area contributed by atoms with Crippen LogP contribution in [0.4, 0.5) is 5.69 Å². The zero-order chi connectivity index (χ0) is 14.7.